The van der Waals surface area contributed by atoms with Crippen LogP contribution < -0.4 is 0 Å². The first-order valence-electron chi connectivity index (χ1n) is 6.98. The molecular formula is C14H29NO. The van der Waals surface area contributed by atoms with Gasteiger partial charge in [-0.3, -0.25) is 0 Å². The number of aliphatic hydroxyl groups is 1. The van der Waals surface area contributed by atoms with E-state index in [0.717, 1.165) is 37.3 Å². The first kappa shape index (κ1) is 14.0. The standard InChI is InChI=1S/C14H29NO/c1-12(2)13-8-4-5-9-14(13)15(3)10-6-7-11-16/h12-14,16H,4-11H2,1-3H3. The van der Waals surface area contributed by atoms with E-state index in [0.29, 0.717) is 6.61 Å². The van der Waals surface area contributed by atoms with E-state index in [1.54, 1.807) is 0 Å². The molecule has 0 heterocycles. The third kappa shape index (κ3) is 4.06. The van der Waals surface area contributed by atoms with Gasteiger partial charge in [-0.1, -0.05) is 26.7 Å². The van der Waals surface area contributed by atoms with Crippen LogP contribution in [0.1, 0.15) is 52.4 Å². The average Bonchev–Trinajstić information content (AvgIpc) is 2.29. The second-order valence-corrected chi connectivity index (χ2v) is 5.67. The summed E-state index contributed by atoms with van der Waals surface area (Å²) in [5.74, 6) is 1.69. The van der Waals surface area contributed by atoms with Crippen molar-refractivity contribution in [2.45, 2.75) is 58.4 Å². The van der Waals surface area contributed by atoms with E-state index in [2.05, 4.69) is 25.8 Å². The Hall–Kier alpha value is -0.0800. The van der Waals surface area contributed by atoms with Crippen LogP contribution in [0.25, 0.3) is 0 Å². The Morgan fingerprint density at radius 3 is 2.50 bits per heavy atom. The van der Waals surface area contributed by atoms with Crippen molar-refractivity contribution < 1.29 is 5.11 Å². The van der Waals surface area contributed by atoms with E-state index in [4.69, 9.17) is 5.11 Å². The largest absolute Gasteiger partial charge is 0.396 e. The maximum absolute atomic E-state index is 8.81. The van der Waals surface area contributed by atoms with Crippen LogP contribution in [-0.4, -0.2) is 36.2 Å². The van der Waals surface area contributed by atoms with Gasteiger partial charge in [-0.25, -0.2) is 0 Å². The smallest absolute Gasteiger partial charge is 0.0431 e. The zero-order valence-electron chi connectivity index (χ0n) is 11.3. The average molecular weight is 227 g/mol. The van der Waals surface area contributed by atoms with E-state index in [-0.39, 0.29) is 0 Å². The van der Waals surface area contributed by atoms with Gasteiger partial charge in [-0.2, -0.15) is 0 Å². The summed E-state index contributed by atoms with van der Waals surface area (Å²) in [6.07, 6.45) is 7.69. The third-order valence-corrected chi connectivity index (χ3v) is 4.12. The van der Waals surface area contributed by atoms with Crippen LogP contribution in [-0.2, 0) is 0 Å². The highest BCUT2D eigenvalue weighted by Crippen LogP contribution is 2.33. The minimum atomic E-state index is 0.339. The molecule has 0 aromatic rings. The summed E-state index contributed by atoms with van der Waals surface area (Å²) in [6, 6.07) is 0.785. The fourth-order valence-corrected chi connectivity index (χ4v) is 3.10. The lowest BCUT2D eigenvalue weighted by Crippen LogP contribution is -2.42. The molecule has 2 nitrogen and oxygen atoms in total. The molecule has 2 unspecified atom stereocenters. The van der Waals surface area contributed by atoms with Crippen molar-refractivity contribution >= 4 is 0 Å². The molecular weight excluding hydrogens is 198 g/mol. The van der Waals surface area contributed by atoms with Gasteiger partial charge in [0.1, 0.15) is 0 Å². The number of hydrogen-bond acceptors (Lipinski definition) is 2. The molecule has 96 valence electrons. The van der Waals surface area contributed by atoms with E-state index in [1.807, 2.05) is 0 Å². The van der Waals surface area contributed by atoms with Crippen LogP contribution in [0, 0.1) is 11.8 Å². The van der Waals surface area contributed by atoms with Crippen molar-refractivity contribution in [3.63, 3.8) is 0 Å². The lowest BCUT2D eigenvalue weighted by atomic mass is 9.77. The molecule has 16 heavy (non-hydrogen) atoms. The summed E-state index contributed by atoms with van der Waals surface area (Å²) in [5, 5.41) is 8.81. The van der Waals surface area contributed by atoms with Crippen LogP contribution >= 0.6 is 0 Å². The van der Waals surface area contributed by atoms with Gasteiger partial charge in [-0.05, 0) is 51.1 Å². The van der Waals surface area contributed by atoms with Gasteiger partial charge < -0.3 is 10.0 Å². The van der Waals surface area contributed by atoms with Crippen molar-refractivity contribution in [1.29, 1.82) is 0 Å². The highest BCUT2D eigenvalue weighted by molar-refractivity contribution is 4.83. The van der Waals surface area contributed by atoms with Crippen LogP contribution in [0.3, 0.4) is 0 Å². The van der Waals surface area contributed by atoms with E-state index in [9.17, 15) is 0 Å². The quantitative estimate of drug-likeness (QED) is 0.705. The molecule has 2 atom stereocenters. The van der Waals surface area contributed by atoms with Gasteiger partial charge in [0.05, 0.1) is 0 Å². The van der Waals surface area contributed by atoms with E-state index >= 15 is 0 Å². The molecule has 1 aliphatic rings. The molecule has 1 rings (SSSR count). The second-order valence-electron chi connectivity index (χ2n) is 5.67. The Balaban J connectivity index is 2.40. The van der Waals surface area contributed by atoms with Gasteiger partial charge >= 0.3 is 0 Å². The zero-order chi connectivity index (χ0) is 12.0. The van der Waals surface area contributed by atoms with Gasteiger partial charge in [0.25, 0.3) is 0 Å². The number of hydrogen-bond donors (Lipinski definition) is 1. The normalized spacial score (nSPS) is 26.6. The number of aliphatic hydroxyl groups excluding tert-OH is 1. The van der Waals surface area contributed by atoms with E-state index < -0.39 is 0 Å². The minimum absolute atomic E-state index is 0.339. The molecule has 1 N–H and O–H groups in total. The molecule has 0 aliphatic heterocycles. The molecule has 2 heteroatoms. The molecule has 0 radical (unpaired) electrons. The number of unbranched alkanes of at least 4 members (excludes halogenated alkanes) is 1. The Morgan fingerprint density at radius 1 is 1.19 bits per heavy atom. The van der Waals surface area contributed by atoms with Gasteiger partial charge in [0.2, 0.25) is 0 Å². The Morgan fingerprint density at radius 2 is 1.88 bits per heavy atom. The van der Waals surface area contributed by atoms with Crippen LogP contribution in [0.5, 0.6) is 0 Å². The molecule has 0 aromatic heterocycles. The maximum atomic E-state index is 8.81. The van der Waals surface area contributed by atoms with Crippen LogP contribution in [0.4, 0.5) is 0 Å². The topological polar surface area (TPSA) is 23.5 Å². The summed E-state index contributed by atoms with van der Waals surface area (Å²) in [4.78, 5) is 2.54. The summed E-state index contributed by atoms with van der Waals surface area (Å²) in [6.45, 7) is 6.22. The Labute approximate surface area is 101 Å². The third-order valence-electron chi connectivity index (χ3n) is 4.12. The maximum Gasteiger partial charge on any atom is 0.0431 e. The molecule has 1 saturated carbocycles. The minimum Gasteiger partial charge on any atom is -0.396 e. The van der Waals surface area contributed by atoms with Crippen molar-refractivity contribution in [3.8, 4) is 0 Å². The van der Waals surface area contributed by atoms with Crippen molar-refractivity contribution in [2.75, 3.05) is 20.2 Å². The number of nitrogens with zero attached hydrogens (tertiary/aromatic N) is 1. The summed E-state index contributed by atoms with van der Waals surface area (Å²) < 4.78 is 0. The zero-order valence-corrected chi connectivity index (χ0v) is 11.3. The molecule has 1 aliphatic carbocycles. The Bertz CT molecular complexity index is 182. The number of rotatable bonds is 6. The molecule has 0 bridgehead atoms. The lowest BCUT2D eigenvalue weighted by Gasteiger charge is -2.40. The second kappa shape index (κ2) is 7.29. The van der Waals surface area contributed by atoms with Crippen LogP contribution in [0.2, 0.25) is 0 Å². The fourth-order valence-electron chi connectivity index (χ4n) is 3.10. The molecule has 0 spiro atoms. The molecule has 0 amide bonds. The highest BCUT2D eigenvalue weighted by Gasteiger charge is 2.29. The Kier molecular flexibility index (Phi) is 6.37. The SMILES string of the molecule is CC(C)C1CCCCC1N(C)CCCCO. The van der Waals surface area contributed by atoms with E-state index in [1.165, 1.54) is 25.7 Å². The van der Waals surface area contributed by atoms with Crippen molar-refractivity contribution in [1.82, 2.24) is 4.90 Å². The first-order valence-corrected chi connectivity index (χ1v) is 6.98. The summed E-state index contributed by atoms with van der Waals surface area (Å²) in [5.41, 5.74) is 0. The molecule has 1 fully saturated rings. The van der Waals surface area contributed by atoms with Crippen molar-refractivity contribution in [2.24, 2.45) is 11.8 Å². The summed E-state index contributed by atoms with van der Waals surface area (Å²) in [7, 11) is 2.27. The van der Waals surface area contributed by atoms with Gasteiger partial charge in [-0.15, -0.1) is 0 Å². The molecule has 0 aromatic carbocycles. The predicted molar refractivity (Wildman–Crippen MR) is 69.5 cm³/mol. The fraction of sp³-hybridized carbons (Fsp3) is 1.00. The predicted octanol–water partition coefficient (Wildman–Crippen LogP) is 2.91. The van der Waals surface area contributed by atoms with Crippen LogP contribution in [0.15, 0.2) is 0 Å². The van der Waals surface area contributed by atoms with Crippen molar-refractivity contribution in [3.05, 3.63) is 0 Å². The summed E-state index contributed by atoms with van der Waals surface area (Å²) >= 11 is 0. The lowest BCUT2D eigenvalue weighted by molar-refractivity contribution is 0.0972. The van der Waals surface area contributed by atoms with Gasteiger partial charge in [0, 0.05) is 12.6 Å². The monoisotopic (exact) mass is 227 g/mol. The first-order chi connectivity index (χ1) is 7.66. The van der Waals surface area contributed by atoms with Gasteiger partial charge in [0.15, 0.2) is 0 Å². The molecule has 0 saturated heterocycles. The highest BCUT2D eigenvalue weighted by atomic mass is 16.2.